The lowest BCUT2D eigenvalue weighted by atomic mass is 9.55. The predicted octanol–water partition coefficient (Wildman–Crippen LogP) is 4.99. The standard InChI is InChI=1S/C34H24O9/c1-14-19(30(40)24-16(28(14)38)7-4-10-21(24)35)13-20-31(41)26-18(9-6-12-23(26)37)33(43)34(20,3)27-15(2)29(39)17-8-5-11-22(36)25(17)32(27)42/h4-12,20,35-37H,13H2,1-3H3. The highest BCUT2D eigenvalue weighted by Crippen LogP contribution is 2.53. The fourth-order valence-electron chi connectivity index (χ4n) is 6.73. The summed E-state index contributed by atoms with van der Waals surface area (Å²) < 4.78 is 0. The molecule has 2 unspecified atom stereocenters. The number of fused-ring (bicyclic) bond motifs is 3. The van der Waals surface area contributed by atoms with Gasteiger partial charge in [0.05, 0.1) is 22.1 Å². The van der Waals surface area contributed by atoms with Gasteiger partial charge in [0.15, 0.2) is 34.7 Å². The van der Waals surface area contributed by atoms with Crippen LogP contribution in [0.1, 0.15) is 89.3 Å². The number of benzene rings is 3. The van der Waals surface area contributed by atoms with E-state index in [1.807, 2.05) is 0 Å². The minimum atomic E-state index is -2.07. The third kappa shape index (κ3) is 3.57. The Hall–Kier alpha value is -5.44. The van der Waals surface area contributed by atoms with Gasteiger partial charge in [0.2, 0.25) is 0 Å². The molecule has 3 aliphatic rings. The molecule has 9 nitrogen and oxygen atoms in total. The summed E-state index contributed by atoms with van der Waals surface area (Å²) >= 11 is 0. The lowest BCUT2D eigenvalue weighted by molar-refractivity contribution is 0.0612. The van der Waals surface area contributed by atoms with Crippen molar-refractivity contribution in [1.82, 2.24) is 0 Å². The highest BCUT2D eigenvalue weighted by Gasteiger charge is 2.57. The van der Waals surface area contributed by atoms with Crippen LogP contribution in [0.15, 0.2) is 76.9 Å². The SMILES string of the molecule is CC1=C(CC2C(=O)c3c(O)cccc3C(=O)C2(C)C2=C(C)C(=O)c3cccc(O)c3C2=O)C(=O)c2c(O)cccc2C1=O. The molecule has 0 saturated heterocycles. The first kappa shape index (κ1) is 27.7. The van der Waals surface area contributed by atoms with Crippen LogP contribution in [-0.2, 0) is 0 Å². The van der Waals surface area contributed by atoms with Crippen molar-refractivity contribution in [3.05, 3.63) is 110 Å². The number of carbonyl (C=O) groups excluding carboxylic acids is 6. The maximum Gasteiger partial charge on any atom is 0.194 e. The average molecular weight is 577 g/mol. The zero-order valence-electron chi connectivity index (χ0n) is 23.3. The molecule has 0 spiro atoms. The van der Waals surface area contributed by atoms with Gasteiger partial charge >= 0.3 is 0 Å². The summed E-state index contributed by atoms with van der Waals surface area (Å²) in [6.45, 7) is 4.08. The lowest BCUT2D eigenvalue weighted by Gasteiger charge is -2.43. The van der Waals surface area contributed by atoms with Crippen molar-refractivity contribution in [3.63, 3.8) is 0 Å². The first-order valence-corrected chi connectivity index (χ1v) is 13.5. The summed E-state index contributed by atoms with van der Waals surface area (Å²) in [5, 5.41) is 31.7. The molecular weight excluding hydrogens is 552 g/mol. The van der Waals surface area contributed by atoms with E-state index in [2.05, 4.69) is 0 Å². The molecule has 0 heterocycles. The molecule has 0 amide bonds. The quantitative estimate of drug-likeness (QED) is 0.390. The maximum atomic E-state index is 14.4. The van der Waals surface area contributed by atoms with E-state index in [0.717, 1.165) is 0 Å². The van der Waals surface area contributed by atoms with E-state index in [0.29, 0.717) is 0 Å². The third-order valence-electron chi connectivity index (χ3n) is 8.98. The summed E-state index contributed by atoms with van der Waals surface area (Å²) in [6, 6.07) is 12.0. The summed E-state index contributed by atoms with van der Waals surface area (Å²) in [7, 11) is 0. The number of aromatic hydroxyl groups is 3. The van der Waals surface area contributed by atoms with E-state index in [4.69, 9.17) is 0 Å². The van der Waals surface area contributed by atoms with Crippen molar-refractivity contribution in [3.8, 4) is 17.2 Å². The number of phenols is 3. The molecule has 3 aromatic rings. The predicted molar refractivity (Wildman–Crippen MR) is 152 cm³/mol. The molecular formula is C34H24O9. The van der Waals surface area contributed by atoms with Crippen LogP contribution in [0.3, 0.4) is 0 Å². The largest absolute Gasteiger partial charge is 0.507 e. The Morgan fingerprint density at radius 3 is 1.63 bits per heavy atom. The van der Waals surface area contributed by atoms with Gasteiger partial charge in [-0.2, -0.15) is 0 Å². The molecule has 3 aliphatic carbocycles. The van der Waals surface area contributed by atoms with Crippen molar-refractivity contribution in [2.75, 3.05) is 0 Å². The minimum Gasteiger partial charge on any atom is -0.507 e. The first-order chi connectivity index (χ1) is 20.3. The highest BCUT2D eigenvalue weighted by molar-refractivity contribution is 6.33. The summed E-state index contributed by atoms with van der Waals surface area (Å²) in [4.78, 5) is 83.4. The Morgan fingerprint density at radius 2 is 1.07 bits per heavy atom. The van der Waals surface area contributed by atoms with Crippen molar-refractivity contribution >= 4 is 34.7 Å². The second-order valence-electron chi connectivity index (χ2n) is 11.2. The Balaban J connectivity index is 1.61. The van der Waals surface area contributed by atoms with Crippen LogP contribution < -0.4 is 0 Å². The number of phenolic OH excluding ortho intramolecular Hbond substituents is 3. The van der Waals surface area contributed by atoms with E-state index < -0.39 is 69.7 Å². The Morgan fingerprint density at radius 1 is 0.605 bits per heavy atom. The number of rotatable bonds is 3. The monoisotopic (exact) mass is 576 g/mol. The van der Waals surface area contributed by atoms with Crippen LogP contribution in [0.2, 0.25) is 0 Å². The lowest BCUT2D eigenvalue weighted by Crippen LogP contribution is -2.50. The van der Waals surface area contributed by atoms with Crippen LogP contribution in [-0.4, -0.2) is 50.0 Å². The molecule has 0 aliphatic heterocycles. The number of allylic oxidation sites excluding steroid dienone is 4. The van der Waals surface area contributed by atoms with E-state index >= 15 is 0 Å². The van der Waals surface area contributed by atoms with Crippen molar-refractivity contribution in [2.45, 2.75) is 27.2 Å². The number of carbonyl (C=O) groups is 6. The van der Waals surface area contributed by atoms with Crippen LogP contribution in [0.5, 0.6) is 17.2 Å². The second kappa shape index (κ2) is 9.29. The maximum absolute atomic E-state index is 14.4. The van der Waals surface area contributed by atoms with Crippen LogP contribution in [0.4, 0.5) is 0 Å². The van der Waals surface area contributed by atoms with Gasteiger partial charge in [-0.3, -0.25) is 28.8 Å². The van der Waals surface area contributed by atoms with E-state index in [-0.39, 0.29) is 55.7 Å². The zero-order chi connectivity index (χ0) is 31.1. The first-order valence-electron chi connectivity index (χ1n) is 13.5. The van der Waals surface area contributed by atoms with Crippen LogP contribution >= 0.6 is 0 Å². The number of hydrogen-bond acceptors (Lipinski definition) is 9. The molecule has 0 bridgehead atoms. The summed E-state index contributed by atoms with van der Waals surface area (Å²) in [6.07, 6.45) is -0.523. The highest BCUT2D eigenvalue weighted by atomic mass is 16.3. The summed E-state index contributed by atoms with van der Waals surface area (Å²) in [5.74, 6) is -7.21. The summed E-state index contributed by atoms with van der Waals surface area (Å²) in [5.41, 5.74) is -3.75. The number of hydrogen-bond donors (Lipinski definition) is 3. The normalized spacial score (nSPS) is 21.7. The molecule has 43 heavy (non-hydrogen) atoms. The van der Waals surface area contributed by atoms with Crippen LogP contribution in [0.25, 0.3) is 0 Å². The van der Waals surface area contributed by atoms with Crippen LogP contribution in [0, 0.1) is 11.3 Å². The molecule has 0 aromatic heterocycles. The van der Waals surface area contributed by atoms with Gasteiger partial charge < -0.3 is 15.3 Å². The van der Waals surface area contributed by atoms with Gasteiger partial charge in [-0.05, 0) is 45.4 Å². The molecule has 9 heteroatoms. The minimum absolute atomic E-state index is 0.00600. The van der Waals surface area contributed by atoms with Gasteiger partial charge in [0.25, 0.3) is 0 Å². The van der Waals surface area contributed by atoms with Gasteiger partial charge in [-0.1, -0.05) is 36.4 Å². The zero-order valence-corrected chi connectivity index (χ0v) is 23.3. The smallest absolute Gasteiger partial charge is 0.194 e. The molecule has 0 radical (unpaired) electrons. The molecule has 2 atom stereocenters. The second-order valence-corrected chi connectivity index (χ2v) is 11.2. The van der Waals surface area contributed by atoms with Crippen molar-refractivity contribution < 1.29 is 44.1 Å². The average Bonchev–Trinajstić information content (AvgIpc) is 2.97. The van der Waals surface area contributed by atoms with E-state index in [1.165, 1.54) is 75.4 Å². The Labute approximate surface area is 244 Å². The molecule has 214 valence electrons. The Kier molecular flexibility index (Phi) is 5.99. The van der Waals surface area contributed by atoms with E-state index in [1.54, 1.807) is 0 Å². The molecule has 3 N–H and O–H groups in total. The van der Waals surface area contributed by atoms with E-state index in [9.17, 15) is 44.1 Å². The van der Waals surface area contributed by atoms with Crippen molar-refractivity contribution in [2.24, 2.45) is 11.3 Å². The van der Waals surface area contributed by atoms with Gasteiger partial charge in [-0.25, -0.2) is 0 Å². The fraction of sp³-hybridized carbons (Fsp3) is 0.176. The topological polar surface area (TPSA) is 163 Å². The van der Waals surface area contributed by atoms with Gasteiger partial charge in [0, 0.05) is 44.9 Å². The fourth-order valence-corrected chi connectivity index (χ4v) is 6.73. The van der Waals surface area contributed by atoms with Gasteiger partial charge in [-0.15, -0.1) is 0 Å². The molecule has 0 fully saturated rings. The molecule has 3 aromatic carbocycles. The van der Waals surface area contributed by atoms with Gasteiger partial charge in [0.1, 0.15) is 17.2 Å². The number of Topliss-reactive ketones (excluding diaryl/α,β-unsaturated/α-hetero) is 6. The Bertz CT molecular complexity index is 1970. The third-order valence-corrected chi connectivity index (χ3v) is 8.98. The van der Waals surface area contributed by atoms with Crippen molar-refractivity contribution in [1.29, 1.82) is 0 Å². The molecule has 6 rings (SSSR count). The molecule has 0 saturated carbocycles. The number of ketones is 6.